The highest BCUT2D eigenvalue weighted by molar-refractivity contribution is 7.17. The Hall–Kier alpha value is -2.08. The molecule has 2 heterocycles. The van der Waals surface area contributed by atoms with Crippen molar-refractivity contribution in [2.24, 2.45) is 0 Å². The van der Waals surface area contributed by atoms with Gasteiger partial charge in [-0.3, -0.25) is 9.78 Å². The standard InChI is InChI=1S/C13H12N2O3S/c1-3-18-13(17)10-11(8(2)16)19-12(15-10)9-4-6-14-7-5-9/h4-7H,3H2,1-2H3. The van der Waals surface area contributed by atoms with Gasteiger partial charge in [0.05, 0.1) is 6.61 Å². The summed E-state index contributed by atoms with van der Waals surface area (Å²) in [4.78, 5) is 31.8. The number of hydrogen-bond acceptors (Lipinski definition) is 6. The van der Waals surface area contributed by atoms with Crippen LogP contribution in [0.1, 0.15) is 34.0 Å². The van der Waals surface area contributed by atoms with Crippen LogP contribution in [0.15, 0.2) is 24.5 Å². The highest BCUT2D eigenvalue weighted by Crippen LogP contribution is 2.28. The smallest absolute Gasteiger partial charge is 0.358 e. The van der Waals surface area contributed by atoms with Gasteiger partial charge in [-0.2, -0.15) is 0 Å². The molecule has 0 N–H and O–H groups in total. The Labute approximate surface area is 114 Å². The molecular formula is C13H12N2O3S. The third-order valence-corrected chi connectivity index (χ3v) is 3.55. The SMILES string of the molecule is CCOC(=O)c1nc(-c2ccncc2)sc1C(C)=O. The normalized spacial score (nSPS) is 10.2. The zero-order valence-electron chi connectivity index (χ0n) is 10.5. The van der Waals surface area contributed by atoms with E-state index in [1.165, 1.54) is 18.3 Å². The molecule has 0 unspecified atom stereocenters. The summed E-state index contributed by atoms with van der Waals surface area (Å²) in [5.74, 6) is -0.759. The third-order valence-electron chi connectivity index (χ3n) is 2.34. The van der Waals surface area contributed by atoms with Gasteiger partial charge in [-0.25, -0.2) is 9.78 Å². The topological polar surface area (TPSA) is 69.2 Å². The molecule has 0 aromatic carbocycles. The van der Waals surface area contributed by atoms with Crippen molar-refractivity contribution in [2.45, 2.75) is 13.8 Å². The number of ketones is 1. The zero-order valence-corrected chi connectivity index (χ0v) is 11.4. The molecule has 5 nitrogen and oxygen atoms in total. The van der Waals surface area contributed by atoms with Gasteiger partial charge in [0.25, 0.3) is 0 Å². The average Bonchev–Trinajstić information content (AvgIpc) is 2.85. The van der Waals surface area contributed by atoms with Crippen LogP contribution in [0, 0.1) is 0 Å². The number of aromatic nitrogens is 2. The Morgan fingerprint density at radius 3 is 2.58 bits per heavy atom. The van der Waals surface area contributed by atoms with Crippen LogP contribution in [0.25, 0.3) is 10.6 Å². The van der Waals surface area contributed by atoms with Gasteiger partial charge in [0.2, 0.25) is 0 Å². The second-order valence-electron chi connectivity index (χ2n) is 3.71. The molecule has 0 saturated heterocycles. The molecule has 0 aliphatic heterocycles. The molecule has 6 heteroatoms. The van der Waals surface area contributed by atoms with Gasteiger partial charge in [0.15, 0.2) is 11.5 Å². The number of thiazole rings is 1. The molecule has 0 bridgehead atoms. The van der Waals surface area contributed by atoms with Crippen molar-refractivity contribution in [3.63, 3.8) is 0 Å². The predicted octanol–water partition coefficient (Wildman–Crippen LogP) is 2.58. The molecule has 0 atom stereocenters. The molecule has 0 saturated carbocycles. The van der Waals surface area contributed by atoms with E-state index in [2.05, 4.69) is 9.97 Å². The molecule has 0 aliphatic carbocycles. The monoisotopic (exact) mass is 276 g/mol. The number of ether oxygens (including phenoxy) is 1. The Morgan fingerprint density at radius 1 is 1.32 bits per heavy atom. The Balaban J connectivity index is 2.47. The van der Waals surface area contributed by atoms with E-state index in [-0.39, 0.29) is 18.1 Å². The maximum atomic E-state index is 11.8. The molecule has 2 rings (SSSR count). The van der Waals surface area contributed by atoms with E-state index < -0.39 is 5.97 Å². The first-order valence-corrected chi connectivity index (χ1v) is 6.54. The van der Waals surface area contributed by atoms with Gasteiger partial charge < -0.3 is 4.74 Å². The van der Waals surface area contributed by atoms with Crippen LogP contribution in [0.2, 0.25) is 0 Å². The number of carbonyl (C=O) groups excluding carboxylic acids is 2. The highest BCUT2D eigenvalue weighted by atomic mass is 32.1. The van der Waals surface area contributed by atoms with Crippen LogP contribution < -0.4 is 0 Å². The van der Waals surface area contributed by atoms with Crippen LogP contribution >= 0.6 is 11.3 Å². The molecule has 0 aliphatic rings. The fourth-order valence-electron chi connectivity index (χ4n) is 1.51. The Bertz CT molecular complexity index is 608. The molecule has 19 heavy (non-hydrogen) atoms. The van der Waals surface area contributed by atoms with Crippen molar-refractivity contribution < 1.29 is 14.3 Å². The van der Waals surface area contributed by atoms with Crippen LogP contribution in [0.5, 0.6) is 0 Å². The predicted molar refractivity (Wildman–Crippen MR) is 71.3 cm³/mol. The summed E-state index contributed by atoms with van der Waals surface area (Å²) >= 11 is 1.19. The highest BCUT2D eigenvalue weighted by Gasteiger charge is 2.22. The van der Waals surface area contributed by atoms with Crippen molar-refractivity contribution in [1.29, 1.82) is 0 Å². The quantitative estimate of drug-likeness (QED) is 0.634. The number of nitrogens with zero attached hydrogens (tertiary/aromatic N) is 2. The van der Waals surface area contributed by atoms with Crippen molar-refractivity contribution in [1.82, 2.24) is 9.97 Å². The minimum absolute atomic E-state index is 0.0890. The first kappa shape index (κ1) is 13.4. The van der Waals surface area contributed by atoms with Gasteiger partial charge in [0.1, 0.15) is 9.88 Å². The summed E-state index contributed by atoms with van der Waals surface area (Å²) in [7, 11) is 0. The fourth-order valence-corrected chi connectivity index (χ4v) is 2.47. The van der Waals surface area contributed by atoms with E-state index in [9.17, 15) is 9.59 Å². The second kappa shape index (κ2) is 5.71. The number of esters is 1. The first-order chi connectivity index (χ1) is 9.13. The molecule has 2 aromatic rings. The van der Waals surface area contributed by atoms with E-state index in [0.717, 1.165) is 5.56 Å². The number of rotatable bonds is 4. The molecule has 0 radical (unpaired) electrons. The van der Waals surface area contributed by atoms with Crippen LogP contribution in [0.3, 0.4) is 0 Å². The lowest BCUT2D eigenvalue weighted by molar-refractivity contribution is 0.0517. The number of hydrogen-bond donors (Lipinski definition) is 0. The maximum Gasteiger partial charge on any atom is 0.358 e. The second-order valence-corrected chi connectivity index (χ2v) is 4.71. The summed E-state index contributed by atoms with van der Waals surface area (Å²) in [5, 5.41) is 0.607. The molecular weight excluding hydrogens is 264 g/mol. The Kier molecular flexibility index (Phi) is 4.01. The van der Waals surface area contributed by atoms with E-state index in [1.54, 1.807) is 31.5 Å². The van der Waals surface area contributed by atoms with Gasteiger partial charge in [0, 0.05) is 24.9 Å². The van der Waals surface area contributed by atoms with Crippen LogP contribution in [-0.4, -0.2) is 28.3 Å². The molecule has 0 fully saturated rings. The lowest BCUT2D eigenvalue weighted by Crippen LogP contribution is -2.09. The van der Waals surface area contributed by atoms with Crippen molar-refractivity contribution in [3.8, 4) is 10.6 Å². The van der Waals surface area contributed by atoms with Gasteiger partial charge in [-0.05, 0) is 19.1 Å². The first-order valence-electron chi connectivity index (χ1n) is 5.72. The summed E-state index contributed by atoms with van der Waals surface area (Å²) in [6, 6.07) is 3.55. The number of carbonyl (C=O) groups is 2. The van der Waals surface area contributed by atoms with Crippen molar-refractivity contribution in [3.05, 3.63) is 35.1 Å². The molecule has 98 valence electrons. The van der Waals surface area contributed by atoms with Crippen LogP contribution in [-0.2, 0) is 4.74 Å². The Morgan fingerprint density at radius 2 is 2.00 bits per heavy atom. The van der Waals surface area contributed by atoms with E-state index in [4.69, 9.17) is 4.74 Å². The van der Waals surface area contributed by atoms with E-state index in [1.807, 2.05) is 0 Å². The summed E-state index contributed by atoms with van der Waals surface area (Å²) in [6.07, 6.45) is 3.27. The van der Waals surface area contributed by atoms with Crippen molar-refractivity contribution >= 4 is 23.1 Å². The zero-order chi connectivity index (χ0) is 13.8. The maximum absolute atomic E-state index is 11.8. The summed E-state index contributed by atoms with van der Waals surface area (Å²) in [6.45, 7) is 3.37. The average molecular weight is 276 g/mol. The summed E-state index contributed by atoms with van der Waals surface area (Å²) < 4.78 is 4.91. The lowest BCUT2D eigenvalue weighted by atomic mass is 10.2. The molecule has 0 amide bonds. The number of pyridine rings is 1. The third kappa shape index (κ3) is 2.85. The van der Waals surface area contributed by atoms with Crippen molar-refractivity contribution in [2.75, 3.05) is 6.61 Å². The van der Waals surface area contributed by atoms with Gasteiger partial charge in [-0.15, -0.1) is 11.3 Å². The van der Waals surface area contributed by atoms with Gasteiger partial charge in [-0.1, -0.05) is 0 Å². The van der Waals surface area contributed by atoms with E-state index >= 15 is 0 Å². The fraction of sp³-hybridized carbons (Fsp3) is 0.231. The lowest BCUT2D eigenvalue weighted by Gasteiger charge is -1.98. The van der Waals surface area contributed by atoms with Crippen LogP contribution in [0.4, 0.5) is 0 Å². The molecule has 2 aromatic heterocycles. The molecule has 0 spiro atoms. The summed E-state index contributed by atoms with van der Waals surface area (Å²) in [5.41, 5.74) is 0.907. The van der Waals surface area contributed by atoms with E-state index in [0.29, 0.717) is 9.88 Å². The van der Waals surface area contributed by atoms with Gasteiger partial charge >= 0.3 is 5.97 Å². The minimum Gasteiger partial charge on any atom is -0.461 e. The largest absolute Gasteiger partial charge is 0.461 e. The minimum atomic E-state index is -0.566. The number of Topliss-reactive ketones (excluding diaryl/α,β-unsaturated/α-hetero) is 1.